The van der Waals surface area contributed by atoms with Gasteiger partial charge in [-0.2, -0.15) is 0 Å². The van der Waals surface area contributed by atoms with E-state index in [0.29, 0.717) is 0 Å². The molecule has 38 heavy (non-hydrogen) atoms. The lowest BCUT2D eigenvalue weighted by molar-refractivity contribution is 0.111. The molecule has 0 aliphatic heterocycles. The van der Waals surface area contributed by atoms with Gasteiger partial charge in [-0.05, 0) is 42.7 Å². The lowest BCUT2D eigenvalue weighted by Gasteiger charge is -1.99. The molecule has 0 amide bonds. The second-order valence-electron chi connectivity index (χ2n) is 9.71. The van der Waals surface area contributed by atoms with Crippen molar-refractivity contribution in [3.63, 3.8) is 0 Å². The lowest BCUT2D eigenvalue weighted by atomic mass is 10.1. The predicted octanol–water partition coefficient (Wildman–Crippen LogP) is 10.5. The first-order valence-corrected chi connectivity index (χ1v) is 16.6. The summed E-state index contributed by atoms with van der Waals surface area (Å²) >= 11 is 7.17. The van der Waals surface area contributed by atoms with Gasteiger partial charge < -0.3 is 0 Å². The molecule has 196 valence electrons. The van der Waals surface area contributed by atoms with Gasteiger partial charge in [0.15, 0.2) is 12.6 Å². The molecule has 0 spiro atoms. The fourth-order valence-electron chi connectivity index (χ4n) is 4.79. The first kappa shape index (κ1) is 27.2. The summed E-state index contributed by atoms with van der Waals surface area (Å²) in [7, 11) is 0. The highest BCUT2D eigenvalue weighted by molar-refractivity contribution is 7.28. The van der Waals surface area contributed by atoms with Gasteiger partial charge in [0.1, 0.15) is 0 Å². The van der Waals surface area contributed by atoms with Crippen molar-refractivity contribution in [1.29, 1.82) is 0 Å². The van der Waals surface area contributed by atoms with Crippen molar-refractivity contribution in [2.75, 3.05) is 0 Å². The van der Waals surface area contributed by atoms with Crippen molar-refractivity contribution >= 4 is 67.3 Å². The third-order valence-corrected chi connectivity index (χ3v) is 11.5. The quantitative estimate of drug-likeness (QED) is 0.0973. The van der Waals surface area contributed by atoms with Crippen LogP contribution >= 0.6 is 45.3 Å². The molecule has 0 radical (unpaired) electrons. The molecule has 1 aromatic carbocycles. The SMILES string of the molecule is CCCCCCCCc1cc(C=O)c(Cc2cc3sc(Cc4sc(-c5ccccc5)cc4C=O)cc3s2)s1. The molecule has 4 aromatic heterocycles. The number of aryl methyl sites for hydroxylation is 1. The van der Waals surface area contributed by atoms with E-state index in [1.807, 2.05) is 58.3 Å². The van der Waals surface area contributed by atoms with Crippen molar-refractivity contribution in [3.8, 4) is 10.4 Å². The highest BCUT2D eigenvalue weighted by Gasteiger charge is 2.15. The van der Waals surface area contributed by atoms with Crippen LogP contribution in [0.15, 0.2) is 54.6 Å². The van der Waals surface area contributed by atoms with Gasteiger partial charge in [-0.3, -0.25) is 9.59 Å². The van der Waals surface area contributed by atoms with Crippen LogP contribution in [0.3, 0.4) is 0 Å². The number of thiophene rings is 4. The van der Waals surface area contributed by atoms with Gasteiger partial charge in [0.2, 0.25) is 0 Å². The Morgan fingerprint density at radius 1 is 0.632 bits per heavy atom. The van der Waals surface area contributed by atoms with E-state index in [1.54, 1.807) is 11.3 Å². The number of unbranched alkanes of at least 4 members (excludes halogenated alkanes) is 5. The van der Waals surface area contributed by atoms with E-state index in [4.69, 9.17) is 0 Å². The van der Waals surface area contributed by atoms with Crippen molar-refractivity contribution in [1.82, 2.24) is 0 Å². The molecule has 6 heteroatoms. The maximum absolute atomic E-state index is 11.8. The van der Waals surface area contributed by atoms with Crippen molar-refractivity contribution in [2.24, 2.45) is 0 Å². The zero-order valence-corrected chi connectivity index (χ0v) is 24.9. The minimum atomic E-state index is 0.787. The molecule has 4 heterocycles. The summed E-state index contributed by atoms with van der Waals surface area (Å²) in [6.07, 6.45) is 12.5. The zero-order chi connectivity index (χ0) is 26.3. The molecule has 0 saturated carbocycles. The van der Waals surface area contributed by atoms with E-state index in [-0.39, 0.29) is 0 Å². The first-order chi connectivity index (χ1) is 18.7. The number of aldehydes is 2. The molecule has 0 unspecified atom stereocenters. The molecule has 2 nitrogen and oxygen atoms in total. The number of hydrogen-bond acceptors (Lipinski definition) is 6. The largest absolute Gasteiger partial charge is 0.298 e. The maximum Gasteiger partial charge on any atom is 0.151 e. The van der Waals surface area contributed by atoms with E-state index in [1.165, 1.54) is 67.4 Å². The average molecular weight is 577 g/mol. The van der Waals surface area contributed by atoms with Gasteiger partial charge in [0.25, 0.3) is 0 Å². The molecule has 0 saturated heterocycles. The second kappa shape index (κ2) is 13.1. The number of fused-ring (bicyclic) bond motifs is 1. The molecule has 5 rings (SSSR count). The van der Waals surface area contributed by atoms with Crippen LogP contribution in [0.2, 0.25) is 0 Å². The third kappa shape index (κ3) is 6.60. The Hall–Kier alpha value is -2.38. The summed E-state index contributed by atoms with van der Waals surface area (Å²) in [5, 5.41) is 0. The third-order valence-electron chi connectivity index (χ3n) is 6.80. The molecule has 0 fully saturated rings. The van der Waals surface area contributed by atoms with E-state index in [9.17, 15) is 9.59 Å². The van der Waals surface area contributed by atoms with Crippen LogP contribution in [0, 0.1) is 0 Å². The minimum absolute atomic E-state index is 0.787. The fraction of sp³-hybridized carbons (Fsp3) is 0.312. The highest BCUT2D eigenvalue weighted by atomic mass is 32.1. The average Bonchev–Trinajstić information content (AvgIpc) is 3.70. The van der Waals surface area contributed by atoms with E-state index < -0.39 is 0 Å². The van der Waals surface area contributed by atoms with Crippen molar-refractivity contribution in [2.45, 2.75) is 64.7 Å². The summed E-state index contributed by atoms with van der Waals surface area (Å²) < 4.78 is 2.59. The van der Waals surface area contributed by atoms with Crippen LogP contribution in [0.4, 0.5) is 0 Å². The monoisotopic (exact) mass is 576 g/mol. The van der Waals surface area contributed by atoms with Gasteiger partial charge in [-0.15, -0.1) is 45.3 Å². The van der Waals surface area contributed by atoms with Crippen LogP contribution in [0.25, 0.3) is 19.8 Å². The maximum atomic E-state index is 11.8. The Bertz CT molecular complexity index is 1470. The predicted molar refractivity (Wildman–Crippen MR) is 167 cm³/mol. The summed E-state index contributed by atoms with van der Waals surface area (Å²) in [4.78, 5) is 30.9. The van der Waals surface area contributed by atoms with E-state index >= 15 is 0 Å². The van der Waals surface area contributed by atoms with Gasteiger partial charge in [-0.25, -0.2) is 0 Å². The molecule has 0 bridgehead atoms. The summed E-state index contributed by atoms with van der Waals surface area (Å²) in [6.45, 7) is 2.25. The standard InChI is InChI=1S/C32H32O2S4/c1-2-3-4-5-6-10-13-25-14-23(20-33)29(35-25)16-26-18-31-32(36-26)19-27(37-31)17-30-24(21-34)15-28(38-30)22-11-8-7-9-12-22/h7-9,11-12,14-15,18-21H,2-6,10,13,16-17H2,1H3. The molecule has 0 aliphatic carbocycles. The van der Waals surface area contributed by atoms with Gasteiger partial charge in [0, 0.05) is 62.6 Å². The lowest BCUT2D eigenvalue weighted by Crippen LogP contribution is -1.86. The fourth-order valence-corrected chi connectivity index (χ4v) is 9.81. The Kier molecular flexibility index (Phi) is 9.39. The molecule has 5 aromatic rings. The van der Waals surface area contributed by atoms with Gasteiger partial charge >= 0.3 is 0 Å². The number of benzene rings is 1. The summed E-state index contributed by atoms with van der Waals surface area (Å²) in [6, 6.07) is 19.0. The molecule has 0 aliphatic rings. The minimum Gasteiger partial charge on any atom is -0.298 e. The molecular formula is C32H32O2S4. The smallest absolute Gasteiger partial charge is 0.151 e. The normalized spacial score (nSPS) is 11.4. The van der Waals surface area contributed by atoms with E-state index in [2.05, 4.69) is 37.3 Å². The number of carbonyl (C=O) groups is 2. The van der Waals surface area contributed by atoms with Gasteiger partial charge in [0.05, 0.1) is 0 Å². The van der Waals surface area contributed by atoms with Crippen LogP contribution in [-0.4, -0.2) is 12.6 Å². The van der Waals surface area contributed by atoms with Crippen molar-refractivity contribution < 1.29 is 9.59 Å². The van der Waals surface area contributed by atoms with Gasteiger partial charge in [-0.1, -0.05) is 69.4 Å². The molecular weight excluding hydrogens is 545 g/mol. The van der Waals surface area contributed by atoms with Crippen LogP contribution in [-0.2, 0) is 19.3 Å². The Morgan fingerprint density at radius 3 is 1.89 bits per heavy atom. The number of hydrogen-bond donors (Lipinski definition) is 0. The topological polar surface area (TPSA) is 34.1 Å². The Balaban J connectivity index is 1.24. The Labute approximate surface area is 241 Å². The highest BCUT2D eigenvalue weighted by Crippen LogP contribution is 2.39. The number of rotatable bonds is 14. The van der Waals surface area contributed by atoms with Crippen molar-refractivity contribution in [3.05, 3.63) is 90.1 Å². The number of carbonyl (C=O) groups excluding carboxylic acids is 2. The molecule has 0 atom stereocenters. The molecule has 0 N–H and O–H groups in total. The zero-order valence-electron chi connectivity index (χ0n) is 21.7. The van der Waals surface area contributed by atoms with E-state index in [0.717, 1.165) is 58.3 Å². The second-order valence-corrected chi connectivity index (χ2v) is 14.4. The van der Waals surface area contributed by atoms with Crippen LogP contribution in [0.5, 0.6) is 0 Å². The summed E-state index contributed by atoms with van der Waals surface area (Å²) in [5.74, 6) is 0. The van der Waals surface area contributed by atoms with Crippen LogP contribution in [0.1, 0.15) is 90.6 Å². The summed E-state index contributed by atoms with van der Waals surface area (Å²) in [5.41, 5.74) is 2.81. The Morgan fingerprint density at radius 2 is 1.24 bits per heavy atom. The van der Waals surface area contributed by atoms with Crippen LogP contribution < -0.4 is 0 Å². The first-order valence-electron chi connectivity index (χ1n) is 13.4.